The second kappa shape index (κ2) is 5.86. The van der Waals surface area contributed by atoms with Crippen LogP contribution < -0.4 is 10.5 Å². The summed E-state index contributed by atoms with van der Waals surface area (Å²) < 4.78 is 26.5. The lowest BCUT2D eigenvalue weighted by Crippen LogP contribution is -2.26. The standard InChI is InChI=1S/C14H15N2O2S/c15-13-8-4-5-9-14(13)19(17,18)16-11-10-12-6-2-1-3-7-12/h1-9,15-16H,10-11H2. The molecule has 2 N–H and O–H groups in total. The highest BCUT2D eigenvalue weighted by molar-refractivity contribution is 7.89. The molecule has 0 aromatic heterocycles. The Balaban J connectivity index is 2.01. The highest BCUT2D eigenvalue weighted by Gasteiger charge is 2.16. The van der Waals surface area contributed by atoms with Crippen LogP contribution in [0.4, 0.5) is 5.69 Å². The fourth-order valence-corrected chi connectivity index (χ4v) is 2.89. The van der Waals surface area contributed by atoms with E-state index in [4.69, 9.17) is 5.73 Å². The summed E-state index contributed by atoms with van der Waals surface area (Å²) in [6.07, 6.45) is 0.625. The first kappa shape index (κ1) is 13.6. The molecule has 0 saturated heterocycles. The van der Waals surface area contributed by atoms with Crippen molar-refractivity contribution in [3.8, 4) is 0 Å². The Morgan fingerprint density at radius 1 is 0.947 bits per heavy atom. The summed E-state index contributed by atoms with van der Waals surface area (Å²) in [5.41, 5.74) is 8.69. The maximum atomic E-state index is 12.0. The Morgan fingerprint density at radius 2 is 1.58 bits per heavy atom. The Hall–Kier alpha value is -1.85. The number of benzene rings is 2. The van der Waals surface area contributed by atoms with Crippen LogP contribution in [0.3, 0.4) is 0 Å². The average Bonchev–Trinajstić information content (AvgIpc) is 2.40. The topological polar surface area (TPSA) is 70.0 Å². The molecule has 2 rings (SSSR count). The van der Waals surface area contributed by atoms with Crippen LogP contribution >= 0.6 is 0 Å². The molecular formula is C14H15N2O2S. The van der Waals surface area contributed by atoms with Crippen molar-refractivity contribution >= 4 is 15.7 Å². The van der Waals surface area contributed by atoms with Gasteiger partial charge in [0, 0.05) is 6.54 Å². The second-order valence-electron chi connectivity index (χ2n) is 4.13. The molecule has 0 aliphatic heterocycles. The Morgan fingerprint density at radius 3 is 2.26 bits per heavy atom. The molecule has 2 aromatic carbocycles. The maximum Gasteiger partial charge on any atom is 0.242 e. The Kier molecular flexibility index (Phi) is 4.19. The molecule has 0 spiro atoms. The number of hydrogen-bond donors (Lipinski definition) is 1. The van der Waals surface area contributed by atoms with Crippen molar-refractivity contribution in [2.75, 3.05) is 6.54 Å². The van der Waals surface area contributed by atoms with E-state index in [9.17, 15) is 8.42 Å². The lowest BCUT2D eigenvalue weighted by molar-refractivity contribution is 0.582. The van der Waals surface area contributed by atoms with Crippen LogP contribution in [0, 0.1) is 0 Å². The van der Waals surface area contributed by atoms with Crippen LogP contribution in [0.2, 0.25) is 0 Å². The van der Waals surface area contributed by atoms with E-state index in [1.165, 1.54) is 12.1 Å². The largest absolute Gasteiger partial charge is 0.299 e. The molecule has 2 aromatic rings. The molecule has 19 heavy (non-hydrogen) atoms. The van der Waals surface area contributed by atoms with Crippen molar-refractivity contribution in [1.29, 1.82) is 0 Å². The zero-order valence-electron chi connectivity index (χ0n) is 10.3. The lowest BCUT2D eigenvalue weighted by Gasteiger charge is -2.08. The van der Waals surface area contributed by atoms with Crippen molar-refractivity contribution in [2.24, 2.45) is 0 Å². The van der Waals surface area contributed by atoms with Gasteiger partial charge < -0.3 is 0 Å². The van der Waals surface area contributed by atoms with Gasteiger partial charge in [0.25, 0.3) is 0 Å². The van der Waals surface area contributed by atoms with Crippen molar-refractivity contribution in [2.45, 2.75) is 11.3 Å². The normalized spacial score (nSPS) is 11.4. The fraction of sp³-hybridized carbons (Fsp3) is 0.143. The zero-order valence-corrected chi connectivity index (χ0v) is 11.2. The average molecular weight is 275 g/mol. The van der Waals surface area contributed by atoms with Gasteiger partial charge in [0.1, 0.15) is 4.90 Å². The van der Waals surface area contributed by atoms with Gasteiger partial charge >= 0.3 is 0 Å². The van der Waals surface area contributed by atoms with Gasteiger partial charge in [-0.25, -0.2) is 13.1 Å². The summed E-state index contributed by atoms with van der Waals surface area (Å²) >= 11 is 0. The van der Waals surface area contributed by atoms with Crippen LogP contribution in [0.15, 0.2) is 59.5 Å². The highest BCUT2D eigenvalue weighted by Crippen LogP contribution is 2.18. The molecule has 4 nitrogen and oxygen atoms in total. The molecule has 0 unspecified atom stereocenters. The van der Waals surface area contributed by atoms with Gasteiger partial charge in [-0.15, -0.1) is 0 Å². The van der Waals surface area contributed by atoms with Crippen molar-refractivity contribution in [3.63, 3.8) is 0 Å². The molecule has 0 heterocycles. The minimum absolute atomic E-state index is 0.00899. The van der Waals surface area contributed by atoms with E-state index in [0.29, 0.717) is 13.0 Å². The smallest absolute Gasteiger partial charge is 0.242 e. The van der Waals surface area contributed by atoms with Gasteiger partial charge in [-0.1, -0.05) is 42.5 Å². The Labute approximate surface area is 113 Å². The van der Waals surface area contributed by atoms with E-state index in [2.05, 4.69) is 4.72 Å². The Bertz CT molecular complexity index is 640. The van der Waals surface area contributed by atoms with Crippen molar-refractivity contribution < 1.29 is 8.42 Å². The molecule has 0 aliphatic carbocycles. The number of hydrogen-bond acceptors (Lipinski definition) is 2. The fourth-order valence-electron chi connectivity index (χ4n) is 1.75. The summed E-state index contributed by atoms with van der Waals surface area (Å²) in [5, 5.41) is 0. The van der Waals surface area contributed by atoms with Gasteiger partial charge in [0.05, 0.1) is 5.69 Å². The summed E-state index contributed by atoms with van der Waals surface area (Å²) in [6, 6.07) is 15.8. The van der Waals surface area contributed by atoms with Crippen LogP contribution in [-0.2, 0) is 16.4 Å². The van der Waals surface area contributed by atoms with Gasteiger partial charge in [0.2, 0.25) is 10.0 Å². The highest BCUT2D eigenvalue weighted by atomic mass is 32.2. The molecular weight excluding hydrogens is 260 g/mol. The molecule has 0 fully saturated rings. The van der Waals surface area contributed by atoms with Gasteiger partial charge in [-0.2, -0.15) is 0 Å². The summed E-state index contributed by atoms with van der Waals surface area (Å²) in [7, 11) is -3.60. The van der Waals surface area contributed by atoms with Crippen LogP contribution in [0.25, 0.3) is 0 Å². The van der Waals surface area contributed by atoms with E-state index in [1.54, 1.807) is 12.1 Å². The first-order valence-electron chi connectivity index (χ1n) is 5.94. The number of nitrogens with one attached hydrogen (secondary N) is 2. The van der Waals surface area contributed by atoms with Crippen LogP contribution in [-0.4, -0.2) is 15.0 Å². The second-order valence-corrected chi connectivity index (χ2v) is 5.86. The summed E-state index contributed by atoms with van der Waals surface area (Å²) in [4.78, 5) is 0.0167. The SMILES string of the molecule is [NH]c1ccccc1S(=O)(=O)NCCc1ccccc1. The molecule has 0 aliphatic rings. The third kappa shape index (κ3) is 3.56. The van der Waals surface area contributed by atoms with E-state index < -0.39 is 10.0 Å². The molecule has 0 saturated carbocycles. The van der Waals surface area contributed by atoms with Crippen LogP contribution in [0.1, 0.15) is 5.56 Å². The monoisotopic (exact) mass is 275 g/mol. The van der Waals surface area contributed by atoms with Gasteiger partial charge in [-0.3, -0.25) is 5.73 Å². The van der Waals surface area contributed by atoms with Crippen molar-refractivity contribution in [3.05, 3.63) is 60.2 Å². The molecule has 99 valence electrons. The molecule has 1 radical (unpaired) electrons. The third-order valence-corrected chi connectivity index (χ3v) is 4.24. The number of sulfonamides is 1. The molecule has 0 atom stereocenters. The van der Waals surface area contributed by atoms with Crippen molar-refractivity contribution in [1.82, 2.24) is 10.5 Å². The zero-order chi connectivity index (χ0) is 13.7. The van der Waals surface area contributed by atoms with Crippen LogP contribution in [0.5, 0.6) is 0 Å². The first-order valence-corrected chi connectivity index (χ1v) is 7.42. The molecule has 0 bridgehead atoms. The number of rotatable bonds is 5. The summed E-state index contributed by atoms with van der Waals surface area (Å²) in [5.74, 6) is 0. The first-order chi connectivity index (χ1) is 9.09. The van der Waals surface area contributed by atoms with E-state index >= 15 is 0 Å². The van der Waals surface area contributed by atoms with E-state index in [1.807, 2.05) is 30.3 Å². The predicted molar refractivity (Wildman–Crippen MR) is 74.5 cm³/mol. The maximum absolute atomic E-state index is 12.0. The third-order valence-electron chi connectivity index (χ3n) is 2.73. The minimum Gasteiger partial charge on any atom is -0.299 e. The van der Waals surface area contributed by atoms with E-state index in [-0.39, 0.29) is 10.6 Å². The molecule has 0 amide bonds. The lowest BCUT2D eigenvalue weighted by atomic mass is 10.2. The van der Waals surface area contributed by atoms with Gasteiger partial charge in [0.15, 0.2) is 0 Å². The quantitative estimate of drug-likeness (QED) is 0.908. The van der Waals surface area contributed by atoms with Gasteiger partial charge in [-0.05, 0) is 24.1 Å². The summed E-state index contributed by atoms with van der Waals surface area (Å²) in [6.45, 7) is 0.320. The van der Waals surface area contributed by atoms with E-state index in [0.717, 1.165) is 5.56 Å². The minimum atomic E-state index is -3.60. The predicted octanol–water partition coefficient (Wildman–Crippen LogP) is 2.12. The molecule has 5 heteroatoms.